The molecule has 1 amide bonds. The monoisotopic (exact) mass is 339 g/mol. The smallest absolute Gasteiger partial charge is 0.223 e. The second kappa shape index (κ2) is 7.76. The van der Waals surface area contributed by atoms with Crippen LogP contribution in [0.2, 0.25) is 0 Å². The van der Waals surface area contributed by atoms with Crippen molar-refractivity contribution in [2.24, 2.45) is 23.7 Å². The van der Waals surface area contributed by atoms with Crippen molar-refractivity contribution in [3.05, 3.63) is 41.0 Å². The van der Waals surface area contributed by atoms with Crippen LogP contribution in [0.3, 0.4) is 0 Å². The molecule has 3 atom stereocenters. The molecule has 2 heteroatoms. The predicted octanol–water partition coefficient (Wildman–Crippen LogP) is 5.15. The molecule has 25 heavy (non-hydrogen) atoms. The van der Waals surface area contributed by atoms with Crippen molar-refractivity contribution in [3.8, 4) is 0 Å². The molecule has 1 fully saturated rings. The van der Waals surface area contributed by atoms with Gasteiger partial charge in [-0.2, -0.15) is 0 Å². The lowest BCUT2D eigenvalue weighted by molar-refractivity contribution is -0.129. The van der Waals surface area contributed by atoms with E-state index >= 15 is 0 Å². The van der Waals surface area contributed by atoms with Crippen molar-refractivity contribution in [1.29, 1.82) is 0 Å². The summed E-state index contributed by atoms with van der Waals surface area (Å²) in [7, 11) is 0. The highest BCUT2D eigenvalue weighted by molar-refractivity contribution is 5.80. The van der Waals surface area contributed by atoms with E-state index in [1.54, 1.807) is 0 Å². The van der Waals surface area contributed by atoms with Crippen LogP contribution in [-0.2, 0) is 11.2 Å². The van der Waals surface area contributed by atoms with Crippen LogP contribution in [0.4, 0.5) is 0 Å². The SMILES string of the molecule is Cc1ccc2c(c1)CC=C2CCNC(=O)[C@@H]1C[C@H](C)CC[C@H]1C(C)C. The minimum absolute atomic E-state index is 0.205. The molecule has 0 aliphatic heterocycles. The van der Waals surface area contributed by atoms with Crippen molar-refractivity contribution in [2.75, 3.05) is 6.54 Å². The zero-order valence-corrected chi connectivity index (χ0v) is 16.3. The van der Waals surface area contributed by atoms with E-state index < -0.39 is 0 Å². The van der Waals surface area contributed by atoms with Crippen molar-refractivity contribution in [3.63, 3.8) is 0 Å². The topological polar surface area (TPSA) is 29.1 Å². The maximum atomic E-state index is 12.8. The van der Waals surface area contributed by atoms with Gasteiger partial charge in [0.1, 0.15) is 0 Å². The number of hydrogen-bond acceptors (Lipinski definition) is 1. The molecule has 136 valence electrons. The first-order valence-corrected chi connectivity index (χ1v) is 10.0. The van der Waals surface area contributed by atoms with Crippen LogP contribution < -0.4 is 5.32 Å². The Labute approximate surface area is 153 Å². The largest absolute Gasteiger partial charge is 0.356 e. The van der Waals surface area contributed by atoms with E-state index in [1.165, 1.54) is 35.1 Å². The number of fused-ring (bicyclic) bond motifs is 1. The van der Waals surface area contributed by atoms with E-state index in [-0.39, 0.29) is 11.8 Å². The highest BCUT2D eigenvalue weighted by Gasteiger charge is 2.35. The first-order chi connectivity index (χ1) is 12.0. The zero-order valence-electron chi connectivity index (χ0n) is 16.3. The third-order valence-corrected chi connectivity index (χ3v) is 6.23. The number of amides is 1. The number of rotatable bonds is 5. The summed E-state index contributed by atoms with van der Waals surface area (Å²) in [5.74, 6) is 2.31. The molecule has 3 rings (SSSR count). The van der Waals surface area contributed by atoms with Gasteiger partial charge in [0.05, 0.1) is 0 Å². The van der Waals surface area contributed by atoms with Gasteiger partial charge in [-0.3, -0.25) is 4.79 Å². The van der Waals surface area contributed by atoms with E-state index in [9.17, 15) is 4.79 Å². The van der Waals surface area contributed by atoms with Gasteiger partial charge in [-0.15, -0.1) is 0 Å². The third-order valence-electron chi connectivity index (χ3n) is 6.23. The summed E-state index contributed by atoms with van der Waals surface area (Å²) in [4.78, 5) is 12.8. The Bertz CT molecular complexity index is 658. The molecule has 2 aliphatic carbocycles. The molecule has 0 bridgehead atoms. The molecular weight excluding hydrogens is 306 g/mol. The van der Waals surface area contributed by atoms with Gasteiger partial charge in [0.15, 0.2) is 0 Å². The normalized spacial score (nSPS) is 25.6. The Balaban J connectivity index is 1.55. The number of benzene rings is 1. The highest BCUT2D eigenvalue weighted by Crippen LogP contribution is 2.38. The lowest BCUT2D eigenvalue weighted by Crippen LogP contribution is -2.40. The molecule has 1 aromatic rings. The van der Waals surface area contributed by atoms with Gasteiger partial charge in [-0.05, 0) is 67.1 Å². The lowest BCUT2D eigenvalue weighted by atomic mass is 9.70. The molecule has 1 N–H and O–H groups in total. The molecular formula is C23H33NO. The fourth-order valence-corrected chi connectivity index (χ4v) is 4.74. The van der Waals surface area contributed by atoms with E-state index in [4.69, 9.17) is 0 Å². The molecule has 2 aliphatic rings. The zero-order chi connectivity index (χ0) is 18.0. The van der Waals surface area contributed by atoms with Crippen molar-refractivity contribution >= 4 is 11.5 Å². The number of aryl methyl sites for hydroxylation is 1. The van der Waals surface area contributed by atoms with Gasteiger partial charge in [0.2, 0.25) is 5.91 Å². The molecule has 2 nitrogen and oxygen atoms in total. The standard InChI is InChI=1S/C23H33NO/c1-15(2)20-9-5-17(4)14-22(20)23(25)24-12-11-18-7-8-19-13-16(3)6-10-21(18)19/h6-7,10,13,15,17,20,22H,5,8-9,11-12,14H2,1-4H3,(H,24,25)/t17-,20+,22-/m1/s1. The summed E-state index contributed by atoms with van der Waals surface area (Å²) >= 11 is 0. The van der Waals surface area contributed by atoms with Crippen LogP contribution in [0.15, 0.2) is 24.3 Å². The van der Waals surface area contributed by atoms with E-state index in [2.05, 4.69) is 57.3 Å². The minimum Gasteiger partial charge on any atom is -0.356 e. The van der Waals surface area contributed by atoms with Gasteiger partial charge >= 0.3 is 0 Å². The Hall–Kier alpha value is -1.57. The third kappa shape index (κ3) is 4.16. The number of nitrogens with one attached hydrogen (secondary N) is 1. The Morgan fingerprint density at radius 2 is 2.08 bits per heavy atom. The molecule has 1 saturated carbocycles. The maximum absolute atomic E-state index is 12.8. The van der Waals surface area contributed by atoms with Crippen LogP contribution in [0.25, 0.3) is 5.57 Å². The van der Waals surface area contributed by atoms with Crippen LogP contribution >= 0.6 is 0 Å². The lowest BCUT2D eigenvalue weighted by Gasteiger charge is -2.36. The quantitative estimate of drug-likeness (QED) is 0.790. The summed E-state index contributed by atoms with van der Waals surface area (Å²) in [5.41, 5.74) is 5.54. The summed E-state index contributed by atoms with van der Waals surface area (Å²) in [5, 5.41) is 3.25. The fraction of sp³-hybridized carbons (Fsp3) is 0.609. The van der Waals surface area contributed by atoms with Gasteiger partial charge < -0.3 is 5.32 Å². The van der Waals surface area contributed by atoms with Crippen molar-refractivity contribution in [2.45, 2.75) is 59.8 Å². The molecule has 0 saturated heterocycles. The molecule has 0 aromatic heterocycles. The highest BCUT2D eigenvalue weighted by atomic mass is 16.1. The molecule has 0 unspecified atom stereocenters. The molecule has 1 aromatic carbocycles. The van der Waals surface area contributed by atoms with Crippen LogP contribution in [0.1, 0.15) is 63.1 Å². The second-order valence-corrected chi connectivity index (χ2v) is 8.57. The summed E-state index contributed by atoms with van der Waals surface area (Å²) in [6.45, 7) is 9.73. The van der Waals surface area contributed by atoms with Crippen LogP contribution in [0, 0.1) is 30.6 Å². The minimum atomic E-state index is 0.205. The van der Waals surface area contributed by atoms with E-state index in [0.717, 1.165) is 25.8 Å². The maximum Gasteiger partial charge on any atom is 0.223 e. The van der Waals surface area contributed by atoms with Gasteiger partial charge in [0, 0.05) is 12.5 Å². The Morgan fingerprint density at radius 3 is 2.84 bits per heavy atom. The molecule has 0 radical (unpaired) electrons. The van der Waals surface area contributed by atoms with Crippen molar-refractivity contribution < 1.29 is 4.79 Å². The predicted molar refractivity (Wildman–Crippen MR) is 105 cm³/mol. The van der Waals surface area contributed by atoms with E-state index in [1.807, 2.05) is 0 Å². The Morgan fingerprint density at radius 1 is 1.28 bits per heavy atom. The summed E-state index contributed by atoms with van der Waals surface area (Å²) in [6, 6.07) is 6.71. The van der Waals surface area contributed by atoms with Gasteiger partial charge in [0.25, 0.3) is 0 Å². The molecule has 0 heterocycles. The van der Waals surface area contributed by atoms with E-state index in [0.29, 0.717) is 17.8 Å². The number of allylic oxidation sites excluding steroid dienone is 1. The number of hydrogen-bond donors (Lipinski definition) is 1. The van der Waals surface area contributed by atoms with Crippen molar-refractivity contribution in [1.82, 2.24) is 5.32 Å². The number of carbonyl (C=O) groups excluding carboxylic acids is 1. The van der Waals surface area contributed by atoms with Gasteiger partial charge in [-0.1, -0.05) is 57.0 Å². The summed E-state index contributed by atoms with van der Waals surface area (Å²) in [6.07, 6.45) is 7.84. The number of carbonyl (C=O) groups is 1. The first kappa shape index (κ1) is 18.2. The Kier molecular flexibility index (Phi) is 5.66. The fourth-order valence-electron chi connectivity index (χ4n) is 4.74. The van der Waals surface area contributed by atoms with Crippen LogP contribution in [0.5, 0.6) is 0 Å². The average molecular weight is 340 g/mol. The van der Waals surface area contributed by atoms with Gasteiger partial charge in [-0.25, -0.2) is 0 Å². The second-order valence-electron chi connectivity index (χ2n) is 8.57. The first-order valence-electron chi connectivity index (χ1n) is 10.0. The average Bonchev–Trinajstić information content (AvgIpc) is 2.96. The molecule has 0 spiro atoms. The van der Waals surface area contributed by atoms with Crippen LogP contribution in [-0.4, -0.2) is 12.5 Å². The summed E-state index contributed by atoms with van der Waals surface area (Å²) < 4.78 is 0.